The first-order valence-corrected chi connectivity index (χ1v) is 6.25. The quantitative estimate of drug-likeness (QED) is 0.914. The summed E-state index contributed by atoms with van der Waals surface area (Å²) in [5.74, 6) is 0. The van der Waals surface area contributed by atoms with Gasteiger partial charge in [0.15, 0.2) is 0 Å². The van der Waals surface area contributed by atoms with E-state index in [0.717, 1.165) is 16.7 Å². The van der Waals surface area contributed by atoms with Crippen molar-refractivity contribution < 1.29 is 5.11 Å². The normalized spacial score (nSPS) is 12.4. The molecule has 0 bridgehead atoms. The van der Waals surface area contributed by atoms with E-state index in [1.165, 1.54) is 28.7 Å². The van der Waals surface area contributed by atoms with Gasteiger partial charge >= 0.3 is 0 Å². The molecule has 0 aliphatic heterocycles. The number of aryl methyl sites for hydroxylation is 3. The lowest BCUT2D eigenvalue weighted by Crippen LogP contribution is -2.23. The van der Waals surface area contributed by atoms with Gasteiger partial charge in [-0.05, 0) is 37.5 Å². The van der Waals surface area contributed by atoms with E-state index in [1.54, 1.807) is 0 Å². The van der Waals surface area contributed by atoms with Gasteiger partial charge in [0.25, 0.3) is 5.56 Å². The lowest BCUT2D eigenvalue weighted by atomic mass is 9.95. The summed E-state index contributed by atoms with van der Waals surface area (Å²) < 4.78 is 1.42. The average molecular weight is 258 g/mol. The van der Waals surface area contributed by atoms with Crippen LogP contribution in [0, 0.1) is 20.8 Å². The van der Waals surface area contributed by atoms with Crippen molar-refractivity contribution in [1.29, 1.82) is 0 Å². The highest BCUT2D eigenvalue weighted by molar-refractivity contribution is 5.38. The van der Waals surface area contributed by atoms with Gasteiger partial charge in [-0.25, -0.2) is 4.98 Å². The molecule has 1 aromatic carbocycles. The van der Waals surface area contributed by atoms with Crippen LogP contribution in [0.4, 0.5) is 0 Å². The number of benzene rings is 1. The molecule has 4 heteroatoms. The Morgan fingerprint density at radius 1 is 1.26 bits per heavy atom. The molecule has 1 unspecified atom stereocenters. The van der Waals surface area contributed by atoms with Gasteiger partial charge in [0.05, 0.1) is 19.0 Å². The number of rotatable bonds is 3. The number of nitrogens with zero attached hydrogens (tertiary/aromatic N) is 2. The summed E-state index contributed by atoms with van der Waals surface area (Å²) in [6.07, 6.45) is 2.19. The summed E-state index contributed by atoms with van der Waals surface area (Å²) in [6, 6.07) is 5.47. The fraction of sp³-hybridized carbons (Fsp3) is 0.333. The number of aromatic nitrogens is 2. The molecule has 100 valence electrons. The SMILES string of the molecule is Cc1cc(C)c(C(O)Cn2cnccc2=O)c(C)c1. The van der Waals surface area contributed by atoms with Crippen LogP contribution >= 0.6 is 0 Å². The van der Waals surface area contributed by atoms with Crippen molar-refractivity contribution in [2.75, 3.05) is 0 Å². The van der Waals surface area contributed by atoms with Crippen LogP contribution in [0.25, 0.3) is 0 Å². The summed E-state index contributed by atoms with van der Waals surface area (Å²) in [6.45, 7) is 6.20. The molecular weight excluding hydrogens is 240 g/mol. The summed E-state index contributed by atoms with van der Waals surface area (Å²) in [5.41, 5.74) is 3.99. The van der Waals surface area contributed by atoms with E-state index in [-0.39, 0.29) is 12.1 Å². The molecule has 0 aliphatic rings. The number of hydrogen-bond acceptors (Lipinski definition) is 3. The van der Waals surface area contributed by atoms with Crippen LogP contribution in [0.1, 0.15) is 28.4 Å². The van der Waals surface area contributed by atoms with Crippen LogP contribution in [-0.2, 0) is 6.54 Å². The Bertz CT molecular complexity index is 624. The average Bonchev–Trinajstić information content (AvgIpc) is 2.30. The molecule has 2 aromatic rings. The summed E-state index contributed by atoms with van der Waals surface area (Å²) in [4.78, 5) is 15.5. The Balaban J connectivity index is 2.33. The van der Waals surface area contributed by atoms with Gasteiger partial charge in [0, 0.05) is 12.3 Å². The van der Waals surface area contributed by atoms with Crippen LogP contribution in [0.15, 0.2) is 35.5 Å². The van der Waals surface area contributed by atoms with Gasteiger partial charge in [0.2, 0.25) is 0 Å². The fourth-order valence-corrected chi connectivity index (χ4v) is 2.51. The molecule has 2 rings (SSSR count). The third kappa shape index (κ3) is 2.90. The maximum absolute atomic E-state index is 11.6. The molecule has 1 N–H and O–H groups in total. The second kappa shape index (κ2) is 5.36. The molecule has 1 atom stereocenters. The Morgan fingerprint density at radius 3 is 2.47 bits per heavy atom. The molecule has 0 radical (unpaired) electrons. The van der Waals surface area contributed by atoms with Gasteiger partial charge in [-0.3, -0.25) is 9.36 Å². The largest absolute Gasteiger partial charge is 0.387 e. The fourth-order valence-electron chi connectivity index (χ4n) is 2.51. The van der Waals surface area contributed by atoms with Crippen LogP contribution < -0.4 is 5.56 Å². The summed E-state index contributed by atoms with van der Waals surface area (Å²) in [5, 5.41) is 10.4. The molecule has 0 amide bonds. The second-order valence-corrected chi connectivity index (χ2v) is 4.90. The van der Waals surface area contributed by atoms with E-state index < -0.39 is 6.10 Å². The predicted octanol–water partition coefficient (Wildman–Crippen LogP) is 1.90. The highest BCUT2D eigenvalue weighted by atomic mass is 16.3. The zero-order valence-electron chi connectivity index (χ0n) is 11.4. The third-order valence-corrected chi connectivity index (χ3v) is 3.23. The summed E-state index contributed by atoms with van der Waals surface area (Å²) in [7, 11) is 0. The molecule has 1 aromatic heterocycles. The van der Waals surface area contributed by atoms with Crippen molar-refractivity contribution in [3.8, 4) is 0 Å². The lowest BCUT2D eigenvalue weighted by molar-refractivity contribution is 0.153. The molecular formula is C15H18N2O2. The van der Waals surface area contributed by atoms with Crippen LogP contribution in [0.3, 0.4) is 0 Å². The topological polar surface area (TPSA) is 55.1 Å². The zero-order valence-corrected chi connectivity index (χ0v) is 11.4. The highest BCUT2D eigenvalue weighted by Crippen LogP contribution is 2.24. The Labute approximate surface area is 112 Å². The van der Waals surface area contributed by atoms with Crippen molar-refractivity contribution in [3.63, 3.8) is 0 Å². The molecule has 0 fully saturated rings. The van der Waals surface area contributed by atoms with Gasteiger partial charge < -0.3 is 5.11 Å². The minimum atomic E-state index is -0.706. The van der Waals surface area contributed by atoms with Gasteiger partial charge in [-0.1, -0.05) is 17.7 Å². The van der Waals surface area contributed by atoms with Crippen LogP contribution in [-0.4, -0.2) is 14.7 Å². The van der Waals surface area contributed by atoms with Crippen LogP contribution in [0.2, 0.25) is 0 Å². The van der Waals surface area contributed by atoms with Gasteiger partial charge in [-0.15, -0.1) is 0 Å². The monoisotopic (exact) mass is 258 g/mol. The van der Waals surface area contributed by atoms with Crippen molar-refractivity contribution in [2.45, 2.75) is 33.4 Å². The second-order valence-electron chi connectivity index (χ2n) is 4.90. The minimum Gasteiger partial charge on any atom is -0.387 e. The third-order valence-electron chi connectivity index (χ3n) is 3.23. The highest BCUT2D eigenvalue weighted by Gasteiger charge is 2.14. The van der Waals surface area contributed by atoms with Crippen molar-refractivity contribution in [2.24, 2.45) is 0 Å². The van der Waals surface area contributed by atoms with E-state index in [9.17, 15) is 9.90 Å². The van der Waals surface area contributed by atoms with Crippen molar-refractivity contribution in [1.82, 2.24) is 9.55 Å². The number of hydrogen-bond donors (Lipinski definition) is 1. The summed E-state index contributed by atoms with van der Waals surface area (Å²) >= 11 is 0. The van der Waals surface area contributed by atoms with Crippen molar-refractivity contribution >= 4 is 0 Å². The molecule has 4 nitrogen and oxygen atoms in total. The molecule has 0 aliphatic carbocycles. The maximum Gasteiger partial charge on any atom is 0.253 e. The molecule has 0 spiro atoms. The van der Waals surface area contributed by atoms with E-state index in [0.29, 0.717) is 0 Å². The number of aliphatic hydroxyl groups is 1. The first-order chi connectivity index (χ1) is 8.99. The minimum absolute atomic E-state index is 0.156. The first kappa shape index (κ1) is 13.5. The molecule has 0 saturated heterocycles. The van der Waals surface area contributed by atoms with E-state index >= 15 is 0 Å². The molecule has 19 heavy (non-hydrogen) atoms. The van der Waals surface area contributed by atoms with Gasteiger partial charge in [-0.2, -0.15) is 0 Å². The van der Waals surface area contributed by atoms with E-state index in [1.807, 2.05) is 32.9 Å². The standard InChI is InChI=1S/C15H18N2O2/c1-10-6-11(2)15(12(3)7-10)13(18)8-17-9-16-5-4-14(17)19/h4-7,9,13,18H,8H2,1-3H3. The van der Waals surface area contributed by atoms with Crippen molar-refractivity contribution in [3.05, 3.63) is 63.3 Å². The zero-order chi connectivity index (χ0) is 14.0. The Morgan fingerprint density at radius 2 is 1.89 bits per heavy atom. The predicted molar refractivity (Wildman–Crippen MR) is 74.1 cm³/mol. The number of aliphatic hydroxyl groups excluding tert-OH is 1. The van der Waals surface area contributed by atoms with E-state index in [4.69, 9.17) is 0 Å². The van der Waals surface area contributed by atoms with Gasteiger partial charge in [0.1, 0.15) is 0 Å². The Kier molecular flexibility index (Phi) is 3.81. The smallest absolute Gasteiger partial charge is 0.253 e. The van der Waals surface area contributed by atoms with E-state index in [2.05, 4.69) is 4.98 Å². The maximum atomic E-state index is 11.6. The Hall–Kier alpha value is -1.94. The molecule has 0 saturated carbocycles. The molecule has 1 heterocycles. The first-order valence-electron chi connectivity index (χ1n) is 6.25. The van der Waals surface area contributed by atoms with Crippen LogP contribution in [0.5, 0.6) is 0 Å². The lowest BCUT2D eigenvalue weighted by Gasteiger charge is -2.18.